The first-order chi connectivity index (χ1) is 18.5. The molecule has 10 heteroatoms. The molecule has 39 heavy (non-hydrogen) atoms. The number of aromatic nitrogens is 1. The summed E-state index contributed by atoms with van der Waals surface area (Å²) in [6, 6.07) is 17.0. The van der Waals surface area contributed by atoms with Gasteiger partial charge in [0, 0.05) is 34.3 Å². The van der Waals surface area contributed by atoms with Crippen LogP contribution in [-0.4, -0.2) is 33.9 Å². The molecule has 3 aromatic carbocycles. The monoisotopic (exact) mass is 559 g/mol. The molecular formula is C29H25ClF3NO5. The van der Waals surface area contributed by atoms with Crippen LogP contribution in [0.25, 0.3) is 10.9 Å². The number of carboxylic acids is 1. The number of ether oxygens (including phenoxy) is 2. The van der Waals surface area contributed by atoms with Gasteiger partial charge in [-0.1, -0.05) is 37.1 Å². The smallest absolute Gasteiger partial charge is 0.479 e. The lowest BCUT2D eigenvalue weighted by Crippen LogP contribution is -2.26. The molecule has 0 aliphatic heterocycles. The molecule has 0 spiro atoms. The Morgan fingerprint density at radius 3 is 2.38 bits per heavy atom. The van der Waals surface area contributed by atoms with Crippen molar-refractivity contribution in [2.45, 2.75) is 45.7 Å². The van der Waals surface area contributed by atoms with Crippen LogP contribution in [0.15, 0.2) is 66.7 Å². The molecule has 0 fully saturated rings. The summed E-state index contributed by atoms with van der Waals surface area (Å²) in [6.07, 6.45) is -4.94. The van der Waals surface area contributed by atoms with E-state index in [1.54, 1.807) is 60.0 Å². The van der Waals surface area contributed by atoms with E-state index in [1.165, 1.54) is 18.2 Å². The SMILES string of the molecule is CCC[C@H](Oc1cccc(Cn2c(C)c(C(=O)c3ccc(Cl)cc3)c3ccc(OC(F)(F)F)cc32)c1)C(=O)O. The van der Waals surface area contributed by atoms with Gasteiger partial charge in [0.25, 0.3) is 0 Å². The van der Waals surface area contributed by atoms with E-state index in [0.717, 1.165) is 0 Å². The number of fused-ring (bicyclic) bond motifs is 1. The molecule has 4 rings (SSSR count). The average molecular weight is 560 g/mol. The first kappa shape index (κ1) is 28.0. The molecule has 0 bridgehead atoms. The maximum absolute atomic E-state index is 13.5. The Hall–Kier alpha value is -3.98. The van der Waals surface area contributed by atoms with Crippen molar-refractivity contribution >= 4 is 34.3 Å². The molecule has 4 aromatic rings. The zero-order valence-electron chi connectivity index (χ0n) is 21.1. The molecule has 0 unspecified atom stereocenters. The number of carboxylic acid groups (broad SMARTS) is 1. The van der Waals surface area contributed by atoms with Gasteiger partial charge in [0.2, 0.25) is 0 Å². The maximum Gasteiger partial charge on any atom is 0.573 e. The van der Waals surface area contributed by atoms with E-state index in [-0.39, 0.29) is 12.3 Å². The summed E-state index contributed by atoms with van der Waals surface area (Å²) in [5.74, 6) is -1.45. The van der Waals surface area contributed by atoms with E-state index < -0.39 is 24.2 Å². The Morgan fingerprint density at radius 1 is 1.03 bits per heavy atom. The summed E-state index contributed by atoms with van der Waals surface area (Å²) in [5, 5.41) is 10.4. The molecule has 0 amide bonds. The minimum Gasteiger partial charge on any atom is -0.479 e. The van der Waals surface area contributed by atoms with Crippen molar-refractivity contribution in [3.63, 3.8) is 0 Å². The Labute approximate surface area is 227 Å². The average Bonchev–Trinajstić information content (AvgIpc) is 3.13. The van der Waals surface area contributed by atoms with E-state index >= 15 is 0 Å². The van der Waals surface area contributed by atoms with Crippen molar-refractivity contribution < 1.29 is 37.3 Å². The van der Waals surface area contributed by atoms with Crippen LogP contribution >= 0.6 is 11.6 Å². The third-order valence-electron chi connectivity index (χ3n) is 6.21. The number of ketones is 1. The molecule has 6 nitrogen and oxygen atoms in total. The fourth-order valence-electron chi connectivity index (χ4n) is 4.45. The van der Waals surface area contributed by atoms with E-state index in [9.17, 15) is 27.9 Å². The number of hydrogen-bond donors (Lipinski definition) is 1. The van der Waals surface area contributed by atoms with Crippen LogP contribution in [0.1, 0.15) is 46.9 Å². The van der Waals surface area contributed by atoms with E-state index in [2.05, 4.69) is 4.74 Å². The molecule has 0 radical (unpaired) electrons. The molecule has 1 aromatic heterocycles. The van der Waals surface area contributed by atoms with Crippen LogP contribution < -0.4 is 9.47 Å². The normalized spacial score (nSPS) is 12.4. The highest BCUT2D eigenvalue weighted by Gasteiger charge is 2.32. The maximum atomic E-state index is 13.5. The van der Waals surface area contributed by atoms with Gasteiger partial charge in [-0.3, -0.25) is 4.79 Å². The molecule has 1 N–H and O–H groups in total. The fraction of sp³-hybridized carbons (Fsp3) is 0.241. The lowest BCUT2D eigenvalue weighted by Gasteiger charge is -2.16. The second-order valence-electron chi connectivity index (χ2n) is 8.99. The molecule has 1 atom stereocenters. The molecule has 0 aliphatic rings. The summed E-state index contributed by atoms with van der Waals surface area (Å²) in [7, 11) is 0. The summed E-state index contributed by atoms with van der Waals surface area (Å²) < 4.78 is 50.4. The van der Waals surface area contributed by atoms with Gasteiger partial charge in [-0.15, -0.1) is 13.2 Å². The minimum absolute atomic E-state index is 0.175. The highest BCUT2D eigenvalue weighted by molar-refractivity contribution is 6.30. The third-order valence-corrected chi connectivity index (χ3v) is 6.46. The van der Waals surface area contributed by atoms with Gasteiger partial charge in [-0.25, -0.2) is 4.79 Å². The molecule has 0 saturated heterocycles. The van der Waals surface area contributed by atoms with Gasteiger partial charge in [0.15, 0.2) is 11.9 Å². The minimum atomic E-state index is -4.88. The number of hydrogen-bond acceptors (Lipinski definition) is 4. The second kappa shape index (κ2) is 11.4. The molecule has 1 heterocycles. The van der Waals surface area contributed by atoms with E-state index in [1.807, 2.05) is 6.92 Å². The number of carbonyl (C=O) groups is 2. The topological polar surface area (TPSA) is 77.8 Å². The molecule has 0 aliphatic carbocycles. The molecule has 204 valence electrons. The summed E-state index contributed by atoms with van der Waals surface area (Å²) in [4.78, 5) is 25.1. The standard InChI is InChI=1S/C29H25ClF3NO5/c1-3-5-25(28(36)37)38-21-7-4-6-18(14-21)16-34-17(2)26(27(35)19-8-10-20(30)11-9-19)23-13-12-22(15-24(23)34)39-29(31,32)33/h4,6-15,25H,3,5,16H2,1-2H3,(H,36,37)/t25-/m0/s1. The van der Waals surface area contributed by atoms with Gasteiger partial charge < -0.3 is 19.1 Å². The quantitative estimate of drug-likeness (QED) is 0.205. The van der Waals surface area contributed by atoms with Crippen molar-refractivity contribution in [1.82, 2.24) is 4.57 Å². The van der Waals surface area contributed by atoms with Crippen molar-refractivity contribution in [1.29, 1.82) is 0 Å². The number of nitrogens with zero attached hydrogens (tertiary/aromatic N) is 1. The summed E-state index contributed by atoms with van der Waals surface area (Å²) in [6.45, 7) is 3.75. The largest absolute Gasteiger partial charge is 0.573 e. The number of carbonyl (C=O) groups excluding carboxylic acids is 1. The Kier molecular flexibility index (Phi) is 8.20. The number of benzene rings is 3. The first-order valence-electron chi connectivity index (χ1n) is 12.1. The highest BCUT2D eigenvalue weighted by atomic mass is 35.5. The van der Waals surface area contributed by atoms with Gasteiger partial charge >= 0.3 is 12.3 Å². The van der Waals surface area contributed by atoms with Crippen LogP contribution in [0.2, 0.25) is 5.02 Å². The first-order valence-corrected chi connectivity index (χ1v) is 12.5. The van der Waals surface area contributed by atoms with Crippen molar-refractivity contribution in [3.8, 4) is 11.5 Å². The van der Waals surface area contributed by atoms with Gasteiger partial charge in [-0.05, 0) is 67.4 Å². The number of halogens is 4. The Balaban J connectivity index is 1.78. The van der Waals surface area contributed by atoms with Crippen LogP contribution in [0.3, 0.4) is 0 Å². The van der Waals surface area contributed by atoms with Crippen molar-refractivity contribution in [2.75, 3.05) is 0 Å². The van der Waals surface area contributed by atoms with Gasteiger partial charge in [0.1, 0.15) is 11.5 Å². The van der Waals surface area contributed by atoms with Crippen LogP contribution in [0, 0.1) is 6.92 Å². The lowest BCUT2D eigenvalue weighted by atomic mass is 10.0. The van der Waals surface area contributed by atoms with Crippen LogP contribution in [0.5, 0.6) is 11.5 Å². The van der Waals surface area contributed by atoms with Crippen LogP contribution in [-0.2, 0) is 11.3 Å². The zero-order chi connectivity index (χ0) is 28.3. The summed E-state index contributed by atoms with van der Waals surface area (Å²) >= 11 is 5.97. The molecular weight excluding hydrogens is 535 g/mol. The zero-order valence-corrected chi connectivity index (χ0v) is 21.8. The van der Waals surface area contributed by atoms with Crippen LogP contribution in [0.4, 0.5) is 13.2 Å². The third kappa shape index (κ3) is 6.54. The highest BCUT2D eigenvalue weighted by Crippen LogP contribution is 2.34. The van der Waals surface area contributed by atoms with Crippen molar-refractivity contribution in [2.24, 2.45) is 0 Å². The number of rotatable bonds is 10. The lowest BCUT2D eigenvalue weighted by molar-refractivity contribution is -0.274. The number of aliphatic carboxylic acids is 1. The van der Waals surface area contributed by atoms with E-state index in [0.29, 0.717) is 56.9 Å². The molecule has 0 saturated carbocycles. The Morgan fingerprint density at radius 2 is 1.74 bits per heavy atom. The fourth-order valence-corrected chi connectivity index (χ4v) is 4.57. The second-order valence-corrected chi connectivity index (χ2v) is 9.43. The predicted octanol–water partition coefficient (Wildman–Crippen LogP) is 7.41. The predicted molar refractivity (Wildman–Crippen MR) is 141 cm³/mol. The summed E-state index contributed by atoms with van der Waals surface area (Å²) in [5.41, 5.74) is 2.32. The van der Waals surface area contributed by atoms with E-state index in [4.69, 9.17) is 16.3 Å². The number of alkyl halides is 3. The van der Waals surface area contributed by atoms with Gasteiger partial charge in [0.05, 0.1) is 11.1 Å². The van der Waals surface area contributed by atoms with Crippen molar-refractivity contribution in [3.05, 3.63) is 94.1 Å². The Bertz CT molecular complexity index is 1510. The van der Waals surface area contributed by atoms with Gasteiger partial charge in [-0.2, -0.15) is 0 Å².